The molecule has 0 aromatic carbocycles. The van der Waals surface area contributed by atoms with Crippen molar-refractivity contribution in [2.75, 3.05) is 13.1 Å². The molecule has 4 unspecified atom stereocenters. The van der Waals surface area contributed by atoms with Crippen LogP contribution in [0, 0.1) is 17.8 Å². The molecule has 1 aliphatic carbocycles. The molecule has 4 atom stereocenters. The molecule has 0 aliphatic heterocycles. The lowest BCUT2D eigenvalue weighted by Gasteiger charge is -2.38. The molecule has 0 heterocycles. The Bertz CT molecular complexity index is 285. The van der Waals surface area contributed by atoms with Crippen molar-refractivity contribution in [1.82, 2.24) is 4.90 Å². The Morgan fingerprint density at radius 3 is 2.10 bits per heavy atom. The molecule has 0 spiro atoms. The standard InChI is InChI=1S/C17H34N2O/c1-5-7-9-19(10-8-6-2)17(20)15-12-16(18)14(4)11-13(15)3/h13-16H,5-12,18H2,1-4H3. The highest BCUT2D eigenvalue weighted by Crippen LogP contribution is 2.34. The molecule has 0 aromatic rings. The summed E-state index contributed by atoms with van der Waals surface area (Å²) in [6.07, 6.45) is 6.47. The van der Waals surface area contributed by atoms with Crippen molar-refractivity contribution in [3.8, 4) is 0 Å². The van der Waals surface area contributed by atoms with E-state index < -0.39 is 0 Å². The molecule has 0 saturated heterocycles. The summed E-state index contributed by atoms with van der Waals surface area (Å²) in [6, 6.07) is 0.194. The molecule has 1 saturated carbocycles. The van der Waals surface area contributed by atoms with E-state index in [9.17, 15) is 4.79 Å². The molecule has 3 heteroatoms. The average molecular weight is 282 g/mol. The number of carbonyl (C=O) groups is 1. The van der Waals surface area contributed by atoms with Crippen LogP contribution in [0.3, 0.4) is 0 Å². The predicted octanol–water partition coefficient (Wildman–Crippen LogP) is 3.42. The first kappa shape index (κ1) is 17.5. The molecule has 20 heavy (non-hydrogen) atoms. The smallest absolute Gasteiger partial charge is 0.226 e. The summed E-state index contributed by atoms with van der Waals surface area (Å²) in [6.45, 7) is 10.6. The molecule has 0 radical (unpaired) electrons. The van der Waals surface area contributed by atoms with Crippen LogP contribution in [0.5, 0.6) is 0 Å². The number of hydrogen-bond donors (Lipinski definition) is 1. The largest absolute Gasteiger partial charge is 0.342 e. The van der Waals surface area contributed by atoms with E-state index >= 15 is 0 Å². The molecule has 118 valence electrons. The highest BCUT2D eigenvalue weighted by atomic mass is 16.2. The summed E-state index contributed by atoms with van der Waals surface area (Å²) in [7, 11) is 0. The molecule has 1 rings (SSSR count). The minimum Gasteiger partial charge on any atom is -0.342 e. The zero-order valence-electron chi connectivity index (χ0n) is 13.9. The van der Waals surface area contributed by atoms with Crippen LogP contribution in [0.25, 0.3) is 0 Å². The number of nitrogens with zero attached hydrogens (tertiary/aromatic N) is 1. The Morgan fingerprint density at radius 1 is 1.05 bits per heavy atom. The molecular weight excluding hydrogens is 248 g/mol. The van der Waals surface area contributed by atoms with Gasteiger partial charge in [0, 0.05) is 25.0 Å². The monoisotopic (exact) mass is 282 g/mol. The number of carbonyl (C=O) groups excluding carboxylic acids is 1. The SMILES string of the molecule is CCCCN(CCCC)C(=O)C1CC(N)C(C)CC1C. The van der Waals surface area contributed by atoms with E-state index in [1.165, 1.54) is 0 Å². The summed E-state index contributed by atoms with van der Waals surface area (Å²) in [5.74, 6) is 1.54. The predicted molar refractivity (Wildman–Crippen MR) is 85.4 cm³/mol. The highest BCUT2D eigenvalue weighted by molar-refractivity contribution is 5.79. The fraction of sp³-hybridized carbons (Fsp3) is 0.941. The van der Waals surface area contributed by atoms with Crippen LogP contribution < -0.4 is 5.73 Å². The number of amides is 1. The van der Waals surface area contributed by atoms with Crippen molar-refractivity contribution >= 4 is 5.91 Å². The Labute approximate surface area is 125 Å². The fourth-order valence-electron chi connectivity index (χ4n) is 3.29. The molecule has 0 aromatic heterocycles. The second-order valence-electron chi connectivity index (χ2n) is 6.73. The van der Waals surface area contributed by atoms with Crippen molar-refractivity contribution in [3.63, 3.8) is 0 Å². The number of nitrogens with two attached hydrogens (primary N) is 1. The molecule has 2 N–H and O–H groups in total. The topological polar surface area (TPSA) is 46.3 Å². The van der Waals surface area contributed by atoms with Crippen molar-refractivity contribution in [2.45, 2.75) is 72.3 Å². The molecule has 1 fully saturated rings. The molecule has 1 aliphatic rings. The van der Waals surface area contributed by atoms with E-state index in [0.717, 1.165) is 51.6 Å². The number of hydrogen-bond acceptors (Lipinski definition) is 2. The van der Waals surface area contributed by atoms with E-state index in [2.05, 4.69) is 32.6 Å². The van der Waals surface area contributed by atoms with Gasteiger partial charge < -0.3 is 10.6 Å². The lowest BCUT2D eigenvalue weighted by molar-refractivity contribution is -0.139. The van der Waals surface area contributed by atoms with Gasteiger partial charge in [-0.1, -0.05) is 40.5 Å². The maximum absolute atomic E-state index is 12.8. The van der Waals surface area contributed by atoms with Crippen LogP contribution in [-0.2, 0) is 4.79 Å². The van der Waals surface area contributed by atoms with Crippen LogP contribution in [0.2, 0.25) is 0 Å². The van der Waals surface area contributed by atoms with Crippen LogP contribution >= 0.6 is 0 Å². The van der Waals surface area contributed by atoms with Gasteiger partial charge in [0.15, 0.2) is 0 Å². The maximum Gasteiger partial charge on any atom is 0.226 e. The van der Waals surface area contributed by atoms with Gasteiger partial charge in [-0.05, 0) is 37.5 Å². The Morgan fingerprint density at radius 2 is 1.60 bits per heavy atom. The van der Waals surface area contributed by atoms with E-state index in [4.69, 9.17) is 5.73 Å². The van der Waals surface area contributed by atoms with Crippen molar-refractivity contribution in [1.29, 1.82) is 0 Å². The van der Waals surface area contributed by atoms with E-state index in [-0.39, 0.29) is 12.0 Å². The molecule has 1 amide bonds. The zero-order chi connectivity index (χ0) is 15.1. The number of rotatable bonds is 7. The summed E-state index contributed by atoms with van der Waals surface area (Å²) in [4.78, 5) is 15.0. The second kappa shape index (κ2) is 8.66. The van der Waals surface area contributed by atoms with Crippen LogP contribution in [0.4, 0.5) is 0 Å². The van der Waals surface area contributed by atoms with Gasteiger partial charge in [-0.25, -0.2) is 0 Å². The minimum absolute atomic E-state index is 0.148. The normalized spacial score (nSPS) is 30.2. The Balaban J connectivity index is 2.66. The van der Waals surface area contributed by atoms with Gasteiger partial charge in [0.05, 0.1) is 0 Å². The van der Waals surface area contributed by atoms with Gasteiger partial charge in [0.25, 0.3) is 0 Å². The maximum atomic E-state index is 12.8. The van der Waals surface area contributed by atoms with Crippen molar-refractivity contribution in [3.05, 3.63) is 0 Å². The third-order valence-corrected chi connectivity index (χ3v) is 4.88. The summed E-state index contributed by atoms with van der Waals surface area (Å²) in [5, 5.41) is 0. The van der Waals surface area contributed by atoms with E-state index in [0.29, 0.717) is 17.7 Å². The summed E-state index contributed by atoms with van der Waals surface area (Å²) < 4.78 is 0. The van der Waals surface area contributed by atoms with Crippen molar-refractivity contribution < 1.29 is 4.79 Å². The van der Waals surface area contributed by atoms with E-state index in [1.807, 2.05) is 0 Å². The number of unbranched alkanes of at least 4 members (excludes halogenated alkanes) is 2. The molecule has 3 nitrogen and oxygen atoms in total. The first-order valence-corrected chi connectivity index (χ1v) is 8.55. The van der Waals surface area contributed by atoms with Crippen LogP contribution in [-0.4, -0.2) is 29.9 Å². The summed E-state index contributed by atoms with van der Waals surface area (Å²) >= 11 is 0. The zero-order valence-corrected chi connectivity index (χ0v) is 13.9. The second-order valence-corrected chi connectivity index (χ2v) is 6.73. The Kier molecular flexibility index (Phi) is 7.57. The van der Waals surface area contributed by atoms with Gasteiger partial charge in [0.1, 0.15) is 0 Å². The van der Waals surface area contributed by atoms with Crippen LogP contribution in [0.15, 0.2) is 0 Å². The third kappa shape index (κ3) is 4.76. The first-order chi connectivity index (χ1) is 9.51. The van der Waals surface area contributed by atoms with Gasteiger partial charge in [-0.15, -0.1) is 0 Å². The van der Waals surface area contributed by atoms with Gasteiger partial charge in [-0.3, -0.25) is 4.79 Å². The Hall–Kier alpha value is -0.570. The van der Waals surface area contributed by atoms with Gasteiger partial charge in [0.2, 0.25) is 5.91 Å². The van der Waals surface area contributed by atoms with Gasteiger partial charge in [-0.2, -0.15) is 0 Å². The van der Waals surface area contributed by atoms with Crippen molar-refractivity contribution in [2.24, 2.45) is 23.5 Å². The fourth-order valence-corrected chi connectivity index (χ4v) is 3.29. The first-order valence-electron chi connectivity index (χ1n) is 8.55. The lowest BCUT2D eigenvalue weighted by atomic mass is 9.72. The average Bonchev–Trinajstić information content (AvgIpc) is 2.42. The highest BCUT2D eigenvalue weighted by Gasteiger charge is 2.36. The van der Waals surface area contributed by atoms with Gasteiger partial charge >= 0.3 is 0 Å². The molecule has 0 bridgehead atoms. The quantitative estimate of drug-likeness (QED) is 0.777. The van der Waals surface area contributed by atoms with Crippen LogP contribution in [0.1, 0.15) is 66.2 Å². The molecular formula is C17H34N2O. The third-order valence-electron chi connectivity index (χ3n) is 4.88. The lowest BCUT2D eigenvalue weighted by Crippen LogP contribution is -2.47. The van der Waals surface area contributed by atoms with E-state index in [1.54, 1.807) is 0 Å². The summed E-state index contributed by atoms with van der Waals surface area (Å²) in [5.41, 5.74) is 6.20. The minimum atomic E-state index is 0.148.